The number of carbonyl (C=O) groups excluding carboxylic acids is 1. The van der Waals surface area contributed by atoms with Gasteiger partial charge < -0.3 is 19.7 Å². The van der Waals surface area contributed by atoms with E-state index in [0.717, 1.165) is 11.4 Å². The van der Waals surface area contributed by atoms with E-state index in [2.05, 4.69) is 5.32 Å². The first-order valence-electron chi connectivity index (χ1n) is 8.58. The summed E-state index contributed by atoms with van der Waals surface area (Å²) in [5.74, 6) is 0.676. The smallest absolute Gasteiger partial charge is 0.260 e. The van der Waals surface area contributed by atoms with Gasteiger partial charge in [0.2, 0.25) is 0 Å². The van der Waals surface area contributed by atoms with Crippen LogP contribution in [0.2, 0.25) is 0 Å². The van der Waals surface area contributed by atoms with Crippen molar-refractivity contribution in [2.24, 2.45) is 0 Å². The van der Waals surface area contributed by atoms with Crippen LogP contribution in [0.3, 0.4) is 0 Å². The molecule has 1 amide bonds. The van der Waals surface area contributed by atoms with Crippen molar-refractivity contribution < 1.29 is 14.3 Å². The number of amides is 1. The first-order chi connectivity index (χ1) is 12.1. The second-order valence-corrected chi connectivity index (χ2v) is 6.36. The summed E-state index contributed by atoms with van der Waals surface area (Å²) in [5, 5.41) is 3.31. The van der Waals surface area contributed by atoms with Crippen LogP contribution >= 0.6 is 0 Å². The molecule has 0 unspecified atom stereocenters. The third-order valence-electron chi connectivity index (χ3n) is 4.05. The Labute approximate surface area is 148 Å². The van der Waals surface area contributed by atoms with E-state index in [4.69, 9.17) is 9.47 Å². The number of hydrogen-bond acceptors (Lipinski definition) is 4. The van der Waals surface area contributed by atoms with Gasteiger partial charge in [-0.15, -0.1) is 0 Å². The molecule has 2 atom stereocenters. The van der Waals surface area contributed by atoms with Crippen LogP contribution in [0, 0.1) is 0 Å². The van der Waals surface area contributed by atoms with Gasteiger partial charge in [-0.2, -0.15) is 0 Å². The van der Waals surface area contributed by atoms with Crippen LogP contribution in [-0.2, 0) is 9.53 Å². The number of carbonyl (C=O) groups is 1. The lowest BCUT2D eigenvalue weighted by Crippen LogP contribution is -2.49. The molecule has 2 aromatic rings. The summed E-state index contributed by atoms with van der Waals surface area (Å²) in [6, 6.07) is 17.6. The number of benzene rings is 2. The highest BCUT2D eigenvalue weighted by Gasteiger charge is 2.25. The number of hydrogen-bond donors (Lipinski definition) is 1. The number of ether oxygens (including phenoxy) is 2. The molecule has 1 heterocycles. The number of para-hydroxylation sites is 1. The number of rotatable bonds is 5. The largest absolute Gasteiger partial charge is 0.484 e. The van der Waals surface area contributed by atoms with E-state index in [-0.39, 0.29) is 24.7 Å². The molecule has 1 fully saturated rings. The van der Waals surface area contributed by atoms with Crippen molar-refractivity contribution in [3.63, 3.8) is 0 Å². The molecule has 0 radical (unpaired) electrons. The summed E-state index contributed by atoms with van der Waals surface area (Å²) in [6.45, 7) is 5.24. The first-order valence-corrected chi connectivity index (χ1v) is 8.58. The van der Waals surface area contributed by atoms with E-state index in [1.54, 1.807) is 0 Å². The average Bonchev–Trinajstić information content (AvgIpc) is 2.61. The molecule has 1 N–H and O–H groups in total. The molecular weight excluding hydrogens is 316 g/mol. The quantitative estimate of drug-likeness (QED) is 0.906. The molecular formula is C20H24N2O3. The van der Waals surface area contributed by atoms with E-state index < -0.39 is 0 Å². The van der Waals surface area contributed by atoms with Gasteiger partial charge in [-0.25, -0.2) is 0 Å². The number of morpholine rings is 1. The van der Waals surface area contributed by atoms with Crippen molar-refractivity contribution in [2.75, 3.05) is 25.0 Å². The van der Waals surface area contributed by atoms with Crippen LogP contribution in [0.1, 0.15) is 13.8 Å². The summed E-state index contributed by atoms with van der Waals surface area (Å²) < 4.78 is 11.3. The van der Waals surface area contributed by atoms with Gasteiger partial charge in [0.15, 0.2) is 6.61 Å². The molecule has 1 saturated heterocycles. The Morgan fingerprint density at radius 3 is 2.28 bits per heavy atom. The molecule has 3 rings (SSSR count). The minimum absolute atomic E-state index is 0.00603. The minimum Gasteiger partial charge on any atom is -0.484 e. The van der Waals surface area contributed by atoms with E-state index in [1.165, 1.54) is 0 Å². The SMILES string of the molecule is C[C@@H]1CN(C(=O)COc2ccc(Nc3ccccc3)cc2)C[C@@H](C)O1. The highest BCUT2D eigenvalue weighted by Crippen LogP contribution is 2.20. The van der Waals surface area contributed by atoms with E-state index in [9.17, 15) is 4.79 Å². The molecule has 1 aliphatic rings. The third kappa shape index (κ3) is 4.97. The minimum atomic E-state index is -0.00603. The second kappa shape index (κ2) is 8.03. The average molecular weight is 340 g/mol. The van der Waals surface area contributed by atoms with Gasteiger partial charge in [-0.3, -0.25) is 4.79 Å². The third-order valence-corrected chi connectivity index (χ3v) is 4.05. The maximum Gasteiger partial charge on any atom is 0.260 e. The fourth-order valence-corrected chi connectivity index (χ4v) is 2.94. The van der Waals surface area contributed by atoms with E-state index in [0.29, 0.717) is 18.8 Å². The molecule has 5 heteroatoms. The fraction of sp³-hybridized carbons (Fsp3) is 0.350. The van der Waals surface area contributed by atoms with Crippen LogP contribution in [0.25, 0.3) is 0 Å². The Bertz CT molecular complexity index is 678. The summed E-state index contributed by atoms with van der Waals surface area (Å²) in [7, 11) is 0. The predicted molar refractivity (Wildman–Crippen MR) is 98.3 cm³/mol. The molecule has 25 heavy (non-hydrogen) atoms. The number of anilines is 2. The van der Waals surface area contributed by atoms with Crippen molar-refractivity contribution in [3.8, 4) is 5.75 Å². The van der Waals surface area contributed by atoms with Gasteiger partial charge in [0.25, 0.3) is 5.91 Å². The standard InChI is InChI=1S/C20H24N2O3/c1-15-12-22(13-16(2)25-15)20(23)14-24-19-10-8-18(9-11-19)21-17-6-4-3-5-7-17/h3-11,15-16,21H,12-14H2,1-2H3/t15-,16-/m1/s1. The van der Waals surface area contributed by atoms with Gasteiger partial charge in [-0.05, 0) is 50.2 Å². The van der Waals surface area contributed by atoms with Crippen LogP contribution in [-0.4, -0.2) is 42.7 Å². The van der Waals surface area contributed by atoms with Gasteiger partial charge in [0.1, 0.15) is 5.75 Å². The number of nitrogens with one attached hydrogen (secondary N) is 1. The lowest BCUT2D eigenvalue weighted by atomic mass is 10.2. The normalized spacial score (nSPS) is 20.2. The maximum absolute atomic E-state index is 12.3. The lowest BCUT2D eigenvalue weighted by Gasteiger charge is -2.35. The summed E-state index contributed by atoms with van der Waals surface area (Å²) >= 11 is 0. The predicted octanol–water partition coefficient (Wildman–Crippen LogP) is 3.44. The zero-order chi connectivity index (χ0) is 17.6. The molecule has 132 valence electrons. The Kier molecular flexibility index (Phi) is 5.56. The first kappa shape index (κ1) is 17.3. The molecule has 0 bridgehead atoms. The Hall–Kier alpha value is -2.53. The van der Waals surface area contributed by atoms with Crippen molar-refractivity contribution in [1.29, 1.82) is 0 Å². The molecule has 1 aliphatic heterocycles. The zero-order valence-corrected chi connectivity index (χ0v) is 14.6. The molecule has 5 nitrogen and oxygen atoms in total. The fourth-order valence-electron chi connectivity index (χ4n) is 2.94. The molecule has 0 aliphatic carbocycles. The second-order valence-electron chi connectivity index (χ2n) is 6.36. The summed E-state index contributed by atoms with van der Waals surface area (Å²) in [6.07, 6.45) is 0.132. The van der Waals surface area contributed by atoms with Crippen LogP contribution in [0.15, 0.2) is 54.6 Å². The summed E-state index contributed by atoms with van der Waals surface area (Å²) in [4.78, 5) is 14.1. The van der Waals surface area contributed by atoms with E-state index in [1.807, 2.05) is 73.3 Å². The topological polar surface area (TPSA) is 50.8 Å². The molecule has 0 saturated carbocycles. The van der Waals surface area contributed by atoms with Gasteiger partial charge in [-0.1, -0.05) is 18.2 Å². The Balaban J connectivity index is 1.51. The van der Waals surface area contributed by atoms with E-state index >= 15 is 0 Å². The van der Waals surface area contributed by atoms with Gasteiger partial charge in [0, 0.05) is 24.5 Å². The van der Waals surface area contributed by atoms with Gasteiger partial charge in [0.05, 0.1) is 12.2 Å². The maximum atomic E-state index is 12.3. The highest BCUT2D eigenvalue weighted by atomic mass is 16.5. The van der Waals surface area contributed by atoms with Gasteiger partial charge >= 0.3 is 0 Å². The van der Waals surface area contributed by atoms with Crippen LogP contribution < -0.4 is 10.1 Å². The zero-order valence-electron chi connectivity index (χ0n) is 14.6. The van der Waals surface area contributed by atoms with Crippen molar-refractivity contribution in [2.45, 2.75) is 26.1 Å². The molecule has 2 aromatic carbocycles. The highest BCUT2D eigenvalue weighted by molar-refractivity contribution is 5.78. The summed E-state index contributed by atoms with van der Waals surface area (Å²) in [5.41, 5.74) is 2.00. The van der Waals surface area contributed by atoms with Crippen LogP contribution in [0.4, 0.5) is 11.4 Å². The Morgan fingerprint density at radius 1 is 1.04 bits per heavy atom. The van der Waals surface area contributed by atoms with Crippen molar-refractivity contribution >= 4 is 17.3 Å². The van der Waals surface area contributed by atoms with Crippen molar-refractivity contribution in [3.05, 3.63) is 54.6 Å². The lowest BCUT2D eigenvalue weighted by molar-refractivity contribution is -0.145. The molecule has 0 aromatic heterocycles. The monoisotopic (exact) mass is 340 g/mol. The molecule has 0 spiro atoms. The van der Waals surface area contributed by atoms with Crippen LogP contribution in [0.5, 0.6) is 5.75 Å². The number of nitrogens with zero attached hydrogens (tertiary/aromatic N) is 1. The Morgan fingerprint density at radius 2 is 1.64 bits per heavy atom. The van der Waals surface area contributed by atoms with Crippen molar-refractivity contribution in [1.82, 2.24) is 4.90 Å².